The summed E-state index contributed by atoms with van der Waals surface area (Å²) in [4.78, 5) is 6.14. The van der Waals surface area contributed by atoms with Crippen molar-refractivity contribution in [2.75, 3.05) is 13.1 Å². The molecular weight excluding hydrogens is 297 g/mol. The summed E-state index contributed by atoms with van der Waals surface area (Å²) in [5, 5.41) is 9.87. The maximum absolute atomic E-state index is 12.7. The lowest BCUT2D eigenvalue weighted by Gasteiger charge is -2.33. The first-order chi connectivity index (χ1) is 10.3. The molecule has 2 unspecified atom stereocenters. The number of aliphatic hydroxyl groups is 1. The molecule has 120 valence electrons. The van der Waals surface area contributed by atoms with E-state index in [0.29, 0.717) is 24.6 Å². The number of β-amino-alcohol motifs (C(OH)–C–C–N with tert-alkyl or cyclic N) is 1. The molecule has 0 aliphatic carbocycles. The van der Waals surface area contributed by atoms with Crippen molar-refractivity contribution in [2.45, 2.75) is 32.2 Å². The molecule has 3 rings (SSSR count). The Morgan fingerprint density at radius 1 is 1.41 bits per heavy atom. The van der Waals surface area contributed by atoms with Crippen LogP contribution in [0.5, 0.6) is 0 Å². The highest BCUT2D eigenvalue weighted by molar-refractivity contribution is 5.73. The van der Waals surface area contributed by atoms with Crippen LogP contribution >= 0.6 is 0 Å². The van der Waals surface area contributed by atoms with Gasteiger partial charge in [-0.25, -0.2) is 4.98 Å². The molecule has 0 spiro atoms. The lowest BCUT2D eigenvalue weighted by molar-refractivity contribution is -0.137. The van der Waals surface area contributed by atoms with Crippen LogP contribution in [0, 0.1) is 5.92 Å². The first kappa shape index (κ1) is 15.3. The Bertz CT molecular complexity index is 668. The monoisotopic (exact) mass is 314 g/mol. The Balaban J connectivity index is 1.78. The lowest BCUT2D eigenvalue weighted by atomic mass is 9.96. The molecule has 2 heterocycles. The first-order valence-corrected chi connectivity index (χ1v) is 7.20. The zero-order valence-electron chi connectivity index (χ0n) is 12.1. The first-order valence-electron chi connectivity index (χ1n) is 7.20. The van der Waals surface area contributed by atoms with Crippen molar-refractivity contribution in [3.05, 3.63) is 29.7 Å². The van der Waals surface area contributed by atoms with Crippen molar-refractivity contribution in [3.8, 4) is 0 Å². The summed E-state index contributed by atoms with van der Waals surface area (Å²) in [6.45, 7) is 3.72. The summed E-state index contributed by atoms with van der Waals surface area (Å²) >= 11 is 0. The number of alkyl halides is 3. The molecule has 1 aliphatic heterocycles. The third-order valence-corrected chi connectivity index (χ3v) is 4.12. The van der Waals surface area contributed by atoms with Gasteiger partial charge in [0.15, 0.2) is 5.58 Å². The maximum Gasteiger partial charge on any atom is 0.416 e. The van der Waals surface area contributed by atoms with Crippen molar-refractivity contribution in [2.24, 2.45) is 5.92 Å². The number of aliphatic hydroxyl groups excluding tert-OH is 1. The summed E-state index contributed by atoms with van der Waals surface area (Å²) in [6.07, 6.45) is -3.91. The number of likely N-dealkylation sites (tertiary alicyclic amines) is 1. The zero-order valence-corrected chi connectivity index (χ0v) is 12.1. The quantitative estimate of drug-likeness (QED) is 0.925. The fourth-order valence-corrected chi connectivity index (χ4v) is 2.67. The van der Waals surface area contributed by atoms with Gasteiger partial charge >= 0.3 is 6.18 Å². The van der Waals surface area contributed by atoms with Crippen molar-refractivity contribution in [3.63, 3.8) is 0 Å². The van der Waals surface area contributed by atoms with E-state index < -0.39 is 17.8 Å². The fraction of sp³-hybridized carbons (Fsp3) is 0.533. The van der Waals surface area contributed by atoms with Crippen LogP contribution in [-0.2, 0) is 12.7 Å². The number of oxazole rings is 1. The number of aromatic nitrogens is 1. The smallest absolute Gasteiger partial charge is 0.416 e. The van der Waals surface area contributed by atoms with Crippen LogP contribution in [0.3, 0.4) is 0 Å². The van der Waals surface area contributed by atoms with Crippen LogP contribution in [-0.4, -0.2) is 34.2 Å². The van der Waals surface area contributed by atoms with Gasteiger partial charge < -0.3 is 9.52 Å². The van der Waals surface area contributed by atoms with Crippen molar-refractivity contribution < 1.29 is 22.7 Å². The third kappa shape index (κ3) is 3.10. The van der Waals surface area contributed by atoms with Gasteiger partial charge in [-0.3, -0.25) is 4.90 Å². The van der Waals surface area contributed by atoms with E-state index >= 15 is 0 Å². The van der Waals surface area contributed by atoms with Gasteiger partial charge in [-0.2, -0.15) is 13.2 Å². The molecule has 0 amide bonds. The van der Waals surface area contributed by atoms with E-state index in [-0.39, 0.29) is 11.4 Å². The van der Waals surface area contributed by atoms with Gasteiger partial charge in [0, 0.05) is 6.54 Å². The topological polar surface area (TPSA) is 49.5 Å². The van der Waals surface area contributed by atoms with Gasteiger partial charge in [-0.1, -0.05) is 6.92 Å². The van der Waals surface area contributed by atoms with Crippen molar-refractivity contribution in [1.82, 2.24) is 9.88 Å². The molecule has 1 aromatic carbocycles. The molecule has 1 aromatic heterocycles. The molecular formula is C15H17F3N2O2. The van der Waals surface area contributed by atoms with Crippen LogP contribution in [0.4, 0.5) is 13.2 Å². The molecule has 2 atom stereocenters. The van der Waals surface area contributed by atoms with E-state index in [1.54, 1.807) is 0 Å². The van der Waals surface area contributed by atoms with Crippen molar-refractivity contribution >= 4 is 11.1 Å². The Labute approximate surface area is 125 Å². The number of halogens is 3. The molecule has 7 heteroatoms. The molecule has 0 saturated carbocycles. The predicted octanol–water partition coefficient (Wildman–Crippen LogP) is 3.05. The van der Waals surface area contributed by atoms with E-state index in [1.165, 1.54) is 6.07 Å². The highest BCUT2D eigenvalue weighted by Gasteiger charge is 2.31. The average Bonchev–Trinajstić information content (AvgIpc) is 2.83. The minimum absolute atomic E-state index is 0.204. The van der Waals surface area contributed by atoms with Gasteiger partial charge in [0.05, 0.1) is 18.2 Å². The van der Waals surface area contributed by atoms with Gasteiger partial charge in [0.25, 0.3) is 0 Å². The Morgan fingerprint density at radius 3 is 2.86 bits per heavy atom. The maximum atomic E-state index is 12.7. The van der Waals surface area contributed by atoms with Crippen LogP contribution in [0.15, 0.2) is 22.6 Å². The van der Waals surface area contributed by atoms with Crippen molar-refractivity contribution in [1.29, 1.82) is 0 Å². The van der Waals surface area contributed by atoms with E-state index in [4.69, 9.17) is 4.42 Å². The molecule has 2 aromatic rings. The standard InChI is InChI=1S/C15H17F3N2O2/c1-9-4-5-20(7-12(9)21)8-14-19-11-6-10(15(16,17)18)2-3-13(11)22-14/h2-3,6,9,12,21H,4-5,7-8H2,1H3. The zero-order chi connectivity index (χ0) is 15.9. The molecule has 4 nitrogen and oxygen atoms in total. The number of benzene rings is 1. The second-order valence-electron chi connectivity index (χ2n) is 5.86. The molecule has 0 bridgehead atoms. The predicted molar refractivity (Wildman–Crippen MR) is 74.1 cm³/mol. The molecule has 22 heavy (non-hydrogen) atoms. The molecule has 0 radical (unpaired) electrons. The Kier molecular flexibility index (Phi) is 3.86. The fourth-order valence-electron chi connectivity index (χ4n) is 2.67. The third-order valence-electron chi connectivity index (χ3n) is 4.12. The summed E-state index contributed by atoms with van der Waals surface area (Å²) in [7, 11) is 0. The number of fused-ring (bicyclic) bond motifs is 1. The number of hydrogen-bond donors (Lipinski definition) is 1. The summed E-state index contributed by atoms with van der Waals surface area (Å²) in [6, 6.07) is 3.28. The molecule has 1 fully saturated rings. The minimum atomic E-state index is -4.39. The van der Waals surface area contributed by atoms with Gasteiger partial charge in [0.1, 0.15) is 5.52 Å². The highest BCUT2D eigenvalue weighted by atomic mass is 19.4. The van der Waals surface area contributed by atoms with E-state index in [9.17, 15) is 18.3 Å². The molecule has 1 saturated heterocycles. The summed E-state index contributed by atoms with van der Waals surface area (Å²) in [5.41, 5.74) is -0.188. The second-order valence-corrected chi connectivity index (χ2v) is 5.86. The summed E-state index contributed by atoms with van der Waals surface area (Å²) < 4.78 is 43.5. The lowest BCUT2D eigenvalue weighted by Crippen LogP contribution is -2.42. The van der Waals surface area contributed by atoms with Gasteiger partial charge in [0.2, 0.25) is 5.89 Å². The number of hydrogen-bond acceptors (Lipinski definition) is 4. The number of rotatable bonds is 2. The Hall–Kier alpha value is -1.60. The average molecular weight is 314 g/mol. The van der Waals surface area contributed by atoms with E-state index in [2.05, 4.69) is 4.98 Å². The number of nitrogens with zero attached hydrogens (tertiary/aromatic N) is 2. The highest BCUT2D eigenvalue weighted by Crippen LogP contribution is 2.31. The summed E-state index contributed by atoms with van der Waals surface area (Å²) in [5.74, 6) is 0.630. The largest absolute Gasteiger partial charge is 0.439 e. The van der Waals surface area contributed by atoms with Crippen LogP contribution < -0.4 is 0 Å². The van der Waals surface area contributed by atoms with Gasteiger partial charge in [-0.05, 0) is 37.1 Å². The minimum Gasteiger partial charge on any atom is -0.439 e. The normalized spacial score (nSPS) is 24.0. The van der Waals surface area contributed by atoms with Gasteiger partial charge in [-0.15, -0.1) is 0 Å². The van der Waals surface area contributed by atoms with E-state index in [1.807, 2.05) is 11.8 Å². The molecule has 1 N–H and O–H groups in total. The second kappa shape index (κ2) is 5.55. The van der Waals surface area contributed by atoms with Crippen LogP contribution in [0.25, 0.3) is 11.1 Å². The van der Waals surface area contributed by atoms with Crippen LogP contribution in [0.1, 0.15) is 24.8 Å². The van der Waals surface area contributed by atoms with Crippen LogP contribution in [0.2, 0.25) is 0 Å². The molecule has 1 aliphatic rings. The Morgan fingerprint density at radius 2 is 2.18 bits per heavy atom. The number of piperidine rings is 1. The van der Waals surface area contributed by atoms with E-state index in [0.717, 1.165) is 25.1 Å². The SMILES string of the molecule is CC1CCN(Cc2nc3cc(C(F)(F)F)ccc3o2)CC1O.